The summed E-state index contributed by atoms with van der Waals surface area (Å²) >= 11 is 0. The molecule has 1 atom stereocenters. The summed E-state index contributed by atoms with van der Waals surface area (Å²) in [7, 11) is 0. The Hall–Kier alpha value is -2.75. The topological polar surface area (TPSA) is 51.0 Å². The molecule has 0 saturated heterocycles. The lowest BCUT2D eigenvalue weighted by atomic mass is 10.0. The number of hydrogen-bond acceptors (Lipinski definition) is 4. The van der Waals surface area contributed by atoms with Crippen molar-refractivity contribution < 1.29 is 9.53 Å². The van der Waals surface area contributed by atoms with Crippen LogP contribution in [0.4, 0.5) is 0 Å². The average molecular weight is 308 g/mol. The van der Waals surface area contributed by atoms with Crippen molar-refractivity contribution in [3.8, 4) is 0 Å². The van der Waals surface area contributed by atoms with Crippen LogP contribution in [0.5, 0.6) is 0 Å². The van der Waals surface area contributed by atoms with E-state index in [1.165, 1.54) is 5.56 Å². The molecule has 0 radical (unpaired) electrons. The molecule has 1 aliphatic rings. The van der Waals surface area contributed by atoms with Crippen molar-refractivity contribution >= 4 is 18.4 Å². The lowest BCUT2D eigenvalue weighted by molar-refractivity contribution is -0.133. The van der Waals surface area contributed by atoms with E-state index < -0.39 is 5.97 Å². The van der Waals surface area contributed by atoms with Crippen molar-refractivity contribution in [2.75, 3.05) is 0 Å². The largest absolute Gasteiger partial charge is 0.424 e. The molecular formula is C19H20N2O2. The highest BCUT2D eigenvalue weighted by Crippen LogP contribution is 2.16. The Morgan fingerprint density at radius 1 is 1.35 bits per heavy atom. The van der Waals surface area contributed by atoms with Crippen LogP contribution in [0.3, 0.4) is 0 Å². The number of rotatable bonds is 6. The molecular weight excluding hydrogens is 288 g/mol. The molecule has 1 unspecified atom stereocenters. The van der Waals surface area contributed by atoms with Crippen LogP contribution in [0.2, 0.25) is 0 Å². The van der Waals surface area contributed by atoms with Crippen LogP contribution in [0.1, 0.15) is 24.5 Å². The minimum atomic E-state index is -0.452. The minimum absolute atomic E-state index is 0.154. The van der Waals surface area contributed by atoms with Crippen molar-refractivity contribution in [1.29, 1.82) is 0 Å². The standard InChI is InChI=1S/C19H20N2O2/c1-3-15-5-7-16(8-6-15)13-20-21-14-17-9-11-18(12-10-17)23-19(22)4-2/h4-9,11-14,17H,2-3,10H2,1H3/b20-13+,21-14+. The molecule has 1 aromatic carbocycles. The van der Waals surface area contributed by atoms with E-state index in [0.717, 1.165) is 24.5 Å². The highest BCUT2D eigenvalue weighted by molar-refractivity contribution is 5.82. The second kappa shape index (κ2) is 8.63. The highest BCUT2D eigenvalue weighted by atomic mass is 16.5. The second-order valence-corrected chi connectivity index (χ2v) is 5.09. The molecule has 0 aromatic heterocycles. The lowest BCUT2D eigenvalue weighted by Gasteiger charge is -2.10. The van der Waals surface area contributed by atoms with E-state index >= 15 is 0 Å². The third-order valence-electron chi connectivity index (χ3n) is 3.40. The minimum Gasteiger partial charge on any atom is -0.424 e. The van der Waals surface area contributed by atoms with Gasteiger partial charge in [-0.05, 0) is 36.1 Å². The van der Waals surface area contributed by atoms with Gasteiger partial charge in [0.25, 0.3) is 0 Å². The zero-order valence-corrected chi connectivity index (χ0v) is 13.2. The van der Waals surface area contributed by atoms with Gasteiger partial charge in [-0.15, -0.1) is 0 Å². The molecule has 118 valence electrons. The Morgan fingerprint density at radius 2 is 2.13 bits per heavy atom. The van der Waals surface area contributed by atoms with Crippen LogP contribution in [0, 0.1) is 5.92 Å². The smallest absolute Gasteiger partial charge is 0.335 e. The van der Waals surface area contributed by atoms with Gasteiger partial charge in [0.05, 0.1) is 6.21 Å². The molecule has 0 heterocycles. The predicted octanol–water partition coefficient (Wildman–Crippen LogP) is 3.84. The molecule has 4 heteroatoms. The third kappa shape index (κ3) is 5.51. The fourth-order valence-corrected chi connectivity index (χ4v) is 2.02. The molecule has 0 spiro atoms. The molecule has 0 N–H and O–H groups in total. The van der Waals surface area contributed by atoms with Gasteiger partial charge in [-0.1, -0.05) is 43.8 Å². The Morgan fingerprint density at radius 3 is 2.74 bits per heavy atom. The Balaban J connectivity index is 1.82. The molecule has 0 aliphatic heterocycles. The van der Waals surface area contributed by atoms with Crippen LogP contribution in [-0.4, -0.2) is 18.4 Å². The van der Waals surface area contributed by atoms with E-state index in [9.17, 15) is 4.79 Å². The molecule has 23 heavy (non-hydrogen) atoms. The summed E-state index contributed by atoms with van der Waals surface area (Å²) in [6, 6.07) is 8.24. The van der Waals surface area contributed by atoms with Crippen LogP contribution in [-0.2, 0) is 16.0 Å². The normalized spacial score (nSPS) is 17.4. The van der Waals surface area contributed by atoms with Gasteiger partial charge in [0.2, 0.25) is 0 Å². The van der Waals surface area contributed by atoms with Gasteiger partial charge in [-0.25, -0.2) is 4.79 Å². The van der Waals surface area contributed by atoms with E-state index in [1.54, 1.807) is 18.5 Å². The summed E-state index contributed by atoms with van der Waals surface area (Å²) in [6.45, 7) is 5.49. The van der Waals surface area contributed by atoms with Gasteiger partial charge in [0, 0.05) is 18.2 Å². The Kier molecular flexibility index (Phi) is 6.24. The Bertz CT molecular complexity index is 667. The van der Waals surface area contributed by atoms with Crippen molar-refractivity contribution in [2.24, 2.45) is 16.1 Å². The summed E-state index contributed by atoms with van der Waals surface area (Å²) in [5, 5.41) is 8.14. The van der Waals surface area contributed by atoms with Gasteiger partial charge >= 0.3 is 5.97 Å². The number of allylic oxidation sites excluding steroid dienone is 3. The summed E-state index contributed by atoms with van der Waals surface area (Å²) in [5.74, 6) is 0.242. The van der Waals surface area contributed by atoms with Gasteiger partial charge in [0.1, 0.15) is 5.76 Å². The first-order chi connectivity index (χ1) is 11.2. The molecule has 1 aromatic rings. The summed E-state index contributed by atoms with van der Waals surface area (Å²) in [4.78, 5) is 11.1. The fraction of sp³-hybridized carbons (Fsp3) is 0.211. The van der Waals surface area contributed by atoms with Crippen LogP contribution in [0.15, 0.2) is 71.1 Å². The third-order valence-corrected chi connectivity index (χ3v) is 3.40. The molecule has 4 nitrogen and oxygen atoms in total. The van der Waals surface area contributed by atoms with Crippen molar-refractivity contribution in [1.82, 2.24) is 0 Å². The maximum atomic E-state index is 11.1. The SMILES string of the molecule is C=CC(=O)OC1=CCC(/C=N/N=C/c2ccc(CC)cc2)C=C1. The van der Waals surface area contributed by atoms with Gasteiger partial charge in [-0.2, -0.15) is 10.2 Å². The van der Waals surface area contributed by atoms with Crippen LogP contribution >= 0.6 is 0 Å². The quantitative estimate of drug-likeness (QED) is 0.347. The van der Waals surface area contributed by atoms with Crippen molar-refractivity contribution in [3.63, 3.8) is 0 Å². The van der Waals surface area contributed by atoms with Gasteiger partial charge < -0.3 is 4.74 Å². The fourth-order valence-electron chi connectivity index (χ4n) is 2.02. The number of esters is 1. The zero-order chi connectivity index (χ0) is 16.5. The molecule has 0 saturated carbocycles. The molecule has 2 rings (SSSR count). The highest BCUT2D eigenvalue weighted by Gasteiger charge is 2.08. The van der Waals surface area contributed by atoms with E-state index in [0.29, 0.717) is 5.76 Å². The Labute approximate surface area is 136 Å². The van der Waals surface area contributed by atoms with Gasteiger partial charge in [0.15, 0.2) is 0 Å². The summed E-state index contributed by atoms with van der Waals surface area (Å²) in [5.41, 5.74) is 2.33. The van der Waals surface area contributed by atoms with Crippen LogP contribution < -0.4 is 0 Å². The first-order valence-electron chi connectivity index (χ1n) is 7.59. The number of hydrogen-bond donors (Lipinski definition) is 0. The lowest BCUT2D eigenvalue weighted by Crippen LogP contribution is -2.05. The van der Waals surface area contributed by atoms with Gasteiger partial charge in [-0.3, -0.25) is 0 Å². The predicted molar refractivity (Wildman–Crippen MR) is 93.5 cm³/mol. The molecule has 0 amide bonds. The maximum Gasteiger partial charge on any atom is 0.335 e. The summed E-state index contributed by atoms with van der Waals surface area (Å²) < 4.78 is 5.03. The number of ether oxygens (including phenoxy) is 1. The van der Waals surface area contributed by atoms with E-state index in [1.807, 2.05) is 24.3 Å². The number of carbonyl (C=O) groups is 1. The maximum absolute atomic E-state index is 11.1. The van der Waals surface area contributed by atoms with Crippen molar-refractivity contribution in [3.05, 3.63) is 72.0 Å². The second-order valence-electron chi connectivity index (χ2n) is 5.09. The number of benzene rings is 1. The average Bonchev–Trinajstić information content (AvgIpc) is 2.60. The summed E-state index contributed by atoms with van der Waals surface area (Å²) in [6.07, 6.45) is 11.9. The molecule has 0 fully saturated rings. The number of aryl methyl sites for hydroxylation is 1. The molecule has 0 bridgehead atoms. The van der Waals surface area contributed by atoms with E-state index in [4.69, 9.17) is 4.74 Å². The number of carbonyl (C=O) groups excluding carboxylic acids is 1. The van der Waals surface area contributed by atoms with Crippen LogP contribution in [0.25, 0.3) is 0 Å². The zero-order valence-electron chi connectivity index (χ0n) is 13.2. The first-order valence-corrected chi connectivity index (χ1v) is 7.59. The van der Waals surface area contributed by atoms with Crippen molar-refractivity contribution in [2.45, 2.75) is 19.8 Å². The molecule has 1 aliphatic carbocycles. The first kappa shape index (κ1) is 16.6. The van der Waals surface area contributed by atoms with E-state index in [-0.39, 0.29) is 5.92 Å². The monoisotopic (exact) mass is 308 g/mol. The van der Waals surface area contributed by atoms with E-state index in [2.05, 4.69) is 35.8 Å². The number of nitrogens with zero attached hydrogens (tertiary/aromatic N) is 2.